The third-order valence-electron chi connectivity index (χ3n) is 3.14. The van der Waals surface area contributed by atoms with E-state index >= 15 is 0 Å². The molecule has 0 fully saturated rings. The van der Waals surface area contributed by atoms with Crippen molar-refractivity contribution in [3.05, 3.63) is 47.3 Å². The zero-order valence-electron chi connectivity index (χ0n) is 12.6. The van der Waals surface area contributed by atoms with Crippen LogP contribution in [0.5, 0.6) is 5.75 Å². The van der Waals surface area contributed by atoms with Crippen molar-refractivity contribution in [2.24, 2.45) is 0 Å². The average molecular weight is 273 g/mol. The summed E-state index contributed by atoms with van der Waals surface area (Å²) >= 11 is 0. The van der Waals surface area contributed by atoms with Gasteiger partial charge in [-0.3, -0.25) is 4.68 Å². The Balaban J connectivity index is 2.05. The van der Waals surface area contributed by atoms with Crippen LogP contribution in [0, 0.1) is 6.92 Å². The molecule has 0 aliphatic heterocycles. The molecule has 108 valence electrons. The number of rotatable bonds is 4. The summed E-state index contributed by atoms with van der Waals surface area (Å²) in [5.41, 5.74) is 3.51. The molecule has 20 heavy (non-hydrogen) atoms. The number of hydrogen-bond donors (Lipinski definition) is 2. The zero-order chi connectivity index (χ0) is 14.8. The first kappa shape index (κ1) is 14.6. The van der Waals surface area contributed by atoms with E-state index in [0.717, 1.165) is 24.3 Å². The van der Waals surface area contributed by atoms with Crippen molar-refractivity contribution >= 4 is 0 Å². The van der Waals surface area contributed by atoms with Gasteiger partial charge in [-0.25, -0.2) is 0 Å². The lowest BCUT2D eigenvalue weighted by Gasteiger charge is -2.20. The minimum Gasteiger partial charge on any atom is -0.508 e. The van der Waals surface area contributed by atoms with Crippen LogP contribution in [0.4, 0.5) is 0 Å². The molecule has 2 N–H and O–H groups in total. The van der Waals surface area contributed by atoms with E-state index in [1.807, 2.05) is 23.7 Å². The minimum absolute atomic E-state index is 0.103. The van der Waals surface area contributed by atoms with Crippen LogP contribution >= 0.6 is 0 Å². The fraction of sp³-hybridized carbons (Fsp3) is 0.438. The summed E-state index contributed by atoms with van der Waals surface area (Å²) in [5.74, 6) is 0.292. The highest BCUT2D eigenvalue weighted by molar-refractivity contribution is 5.26. The summed E-state index contributed by atoms with van der Waals surface area (Å²) in [6.45, 7) is 10.0. The van der Waals surface area contributed by atoms with Crippen molar-refractivity contribution in [2.75, 3.05) is 0 Å². The summed E-state index contributed by atoms with van der Waals surface area (Å²) in [7, 11) is 0. The second-order valence-electron chi connectivity index (χ2n) is 6.21. The second kappa shape index (κ2) is 5.67. The molecule has 0 saturated carbocycles. The third kappa shape index (κ3) is 4.10. The molecule has 0 unspecified atom stereocenters. The largest absolute Gasteiger partial charge is 0.508 e. The van der Waals surface area contributed by atoms with Gasteiger partial charge < -0.3 is 10.4 Å². The maximum Gasteiger partial charge on any atom is 0.115 e. The number of aromatic hydroxyl groups is 1. The van der Waals surface area contributed by atoms with Gasteiger partial charge in [0.15, 0.2) is 0 Å². The van der Waals surface area contributed by atoms with Gasteiger partial charge in [-0.05, 0) is 45.4 Å². The molecule has 2 rings (SSSR count). The van der Waals surface area contributed by atoms with Gasteiger partial charge in [0.1, 0.15) is 5.75 Å². The molecule has 1 aromatic heterocycles. The van der Waals surface area contributed by atoms with Crippen LogP contribution in [-0.4, -0.2) is 20.4 Å². The van der Waals surface area contributed by atoms with Gasteiger partial charge in [0.2, 0.25) is 0 Å². The van der Waals surface area contributed by atoms with Crippen molar-refractivity contribution in [2.45, 2.75) is 46.3 Å². The molecule has 0 spiro atoms. The quantitative estimate of drug-likeness (QED) is 0.900. The average Bonchev–Trinajstić information content (AvgIpc) is 2.69. The predicted molar refractivity (Wildman–Crippen MR) is 80.8 cm³/mol. The molecule has 0 bridgehead atoms. The Morgan fingerprint density at radius 2 is 1.85 bits per heavy atom. The Morgan fingerprint density at radius 1 is 1.20 bits per heavy atom. The molecule has 1 heterocycles. The summed E-state index contributed by atoms with van der Waals surface area (Å²) in [6, 6.07) is 7.24. The first-order valence-electron chi connectivity index (χ1n) is 6.89. The highest BCUT2D eigenvalue weighted by atomic mass is 16.3. The monoisotopic (exact) mass is 273 g/mol. The van der Waals surface area contributed by atoms with Crippen molar-refractivity contribution in [3.63, 3.8) is 0 Å². The van der Waals surface area contributed by atoms with Gasteiger partial charge in [0, 0.05) is 23.8 Å². The van der Waals surface area contributed by atoms with Crippen LogP contribution in [-0.2, 0) is 13.1 Å². The number of aryl methyl sites for hydroxylation is 1. The van der Waals surface area contributed by atoms with Gasteiger partial charge in [-0.2, -0.15) is 5.10 Å². The lowest BCUT2D eigenvalue weighted by Crippen LogP contribution is -2.35. The fourth-order valence-electron chi connectivity index (χ4n) is 1.96. The van der Waals surface area contributed by atoms with Crippen molar-refractivity contribution < 1.29 is 5.11 Å². The number of aromatic nitrogens is 2. The Bertz CT molecular complexity index is 564. The van der Waals surface area contributed by atoms with E-state index in [-0.39, 0.29) is 5.54 Å². The summed E-state index contributed by atoms with van der Waals surface area (Å²) in [4.78, 5) is 0. The molecule has 2 aromatic rings. The van der Waals surface area contributed by atoms with Crippen LogP contribution in [0.15, 0.2) is 30.5 Å². The third-order valence-corrected chi connectivity index (χ3v) is 3.14. The van der Waals surface area contributed by atoms with Gasteiger partial charge >= 0.3 is 0 Å². The van der Waals surface area contributed by atoms with Crippen molar-refractivity contribution in [1.82, 2.24) is 15.1 Å². The Labute approximate surface area is 120 Å². The summed E-state index contributed by atoms with van der Waals surface area (Å²) in [6.07, 6.45) is 2.08. The van der Waals surface area contributed by atoms with E-state index in [0.29, 0.717) is 5.75 Å². The lowest BCUT2D eigenvalue weighted by atomic mass is 10.1. The molecule has 0 aliphatic rings. The summed E-state index contributed by atoms with van der Waals surface area (Å²) < 4.78 is 1.95. The molecule has 0 radical (unpaired) electrons. The molecule has 0 aliphatic carbocycles. The van der Waals surface area contributed by atoms with Crippen molar-refractivity contribution in [3.8, 4) is 5.75 Å². The molecule has 0 atom stereocenters. The van der Waals surface area contributed by atoms with E-state index in [1.165, 1.54) is 5.56 Å². The van der Waals surface area contributed by atoms with Crippen LogP contribution in [0.3, 0.4) is 0 Å². The molecular weight excluding hydrogens is 250 g/mol. The highest BCUT2D eigenvalue weighted by Crippen LogP contribution is 2.13. The van der Waals surface area contributed by atoms with E-state index < -0.39 is 0 Å². The van der Waals surface area contributed by atoms with Crippen LogP contribution in [0.25, 0.3) is 0 Å². The number of nitrogens with zero attached hydrogens (tertiary/aromatic N) is 2. The highest BCUT2D eigenvalue weighted by Gasteiger charge is 2.11. The second-order valence-corrected chi connectivity index (χ2v) is 6.21. The topological polar surface area (TPSA) is 50.1 Å². The molecule has 4 heteroatoms. The van der Waals surface area contributed by atoms with Crippen LogP contribution in [0.1, 0.15) is 37.6 Å². The Morgan fingerprint density at radius 3 is 2.45 bits per heavy atom. The maximum atomic E-state index is 9.29. The van der Waals surface area contributed by atoms with Crippen LogP contribution in [0.2, 0.25) is 0 Å². The molecule has 0 amide bonds. The van der Waals surface area contributed by atoms with Crippen molar-refractivity contribution in [1.29, 1.82) is 0 Å². The maximum absolute atomic E-state index is 9.29. The van der Waals surface area contributed by atoms with Gasteiger partial charge in [0.25, 0.3) is 0 Å². The zero-order valence-corrected chi connectivity index (χ0v) is 12.6. The molecule has 0 saturated heterocycles. The van der Waals surface area contributed by atoms with E-state index in [4.69, 9.17) is 0 Å². The first-order chi connectivity index (χ1) is 9.33. The van der Waals surface area contributed by atoms with E-state index in [2.05, 4.69) is 37.4 Å². The molecule has 1 aromatic carbocycles. The van der Waals surface area contributed by atoms with Gasteiger partial charge in [0.05, 0.1) is 12.2 Å². The summed E-state index contributed by atoms with van der Waals surface area (Å²) in [5, 5.41) is 17.3. The van der Waals surface area contributed by atoms with Gasteiger partial charge in [-0.15, -0.1) is 0 Å². The van der Waals surface area contributed by atoms with Crippen LogP contribution < -0.4 is 5.32 Å². The minimum atomic E-state index is 0.103. The number of hydrogen-bond acceptors (Lipinski definition) is 3. The fourth-order valence-corrected chi connectivity index (χ4v) is 1.96. The Kier molecular flexibility index (Phi) is 4.14. The van der Waals surface area contributed by atoms with E-state index in [9.17, 15) is 5.11 Å². The Hall–Kier alpha value is -1.81. The lowest BCUT2D eigenvalue weighted by molar-refractivity contribution is 0.423. The van der Waals surface area contributed by atoms with E-state index in [1.54, 1.807) is 12.1 Å². The SMILES string of the molecule is Cc1nn(Cc2ccc(O)cc2)cc1CNC(C)(C)C. The molecule has 4 nitrogen and oxygen atoms in total. The number of nitrogens with one attached hydrogen (secondary N) is 1. The molecular formula is C16H23N3O. The normalized spacial score (nSPS) is 11.8. The number of phenolic OH excluding ortho intramolecular Hbond substituents is 1. The number of phenols is 1. The van der Waals surface area contributed by atoms with Gasteiger partial charge in [-0.1, -0.05) is 12.1 Å². The number of benzene rings is 1. The predicted octanol–water partition coefficient (Wildman–Crippen LogP) is 2.83. The standard InChI is InChI=1S/C16H23N3O/c1-12-14(9-17-16(2,3)4)11-19(18-12)10-13-5-7-15(20)8-6-13/h5-8,11,17,20H,9-10H2,1-4H3. The smallest absolute Gasteiger partial charge is 0.115 e. The first-order valence-corrected chi connectivity index (χ1v) is 6.89.